The quantitative estimate of drug-likeness (QED) is 0.800. The van der Waals surface area contributed by atoms with Crippen LogP contribution < -0.4 is 11.1 Å². The van der Waals surface area contributed by atoms with Gasteiger partial charge in [-0.1, -0.05) is 41.6 Å². The minimum absolute atomic E-state index is 0.0521. The van der Waals surface area contributed by atoms with Crippen LogP contribution in [0.5, 0.6) is 0 Å². The van der Waals surface area contributed by atoms with Crippen LogP contribution in [0.2, 0.25) is 0 Å². The first-order valence-electron chi connectivity index (χ1n) is 7.55. The summed E-state index contributed by atoms with van der Waals surface area (Å²) in [6.07, 6.45) is 0. The highest BCUT2D eigenvalue weighted by molar-refractivity contribution is 8.00. The molecule has 2 rings (SSSR count). The molecule has 1 aromatic heterocycles. The van der Waals surface area contributed by atoms with Gasteiger partial charge in [-0.25, -0.2) is 4.98 Å². The molecule has 0 aliphatic heterocycles. The zero-order valence-electron chi connectivity index (χ0n) is 13.9. The number of pyridine rings is 1. The number of nitrogens with two attached hydrogens (primary N) is 1. The molecule has 1 amide bonds. The van der Waals surface area contributed by atoms with Gasteiger partial charge in [0.1, 0.15) is 23.0 Å². The average Bonchev–Trinajstić information content (AvgIpc) is 2.61. The zero-order valence-corrected chi connectivity index (χ0v) is 14.7. The Labute approximate surface area is 150 Å². The number of carbonyl (C=O) groups excluding carboxylic acids is 1. The highest BCUT2D eigenvalue weighted by atomic mass is 32.2. The molecule has 1 aromatic carbocycles. The van der Waals surface area contributed by atoms with Gasteiger partial charge in [-0.3, -0.25) is 4.79 Å². The molecule has 2 aromatic rings. The van der Waals surface area contributed by atoms with Crippen LogP contribution >= 0.6 is 11.8 Å². The number of amides is 1. The molecule has 0 fully saturated rings. The standard InChI is InChI=1S/C18H17N5OS/c1-11-3-5-13(6-4-11)10-22-17(24)12(2)25-18-15(9-20)7-14(8-19)16(21)23-18/h3-7,12H,10H2,1-2H3,(H2,21,23)(H,22,24)/t12-/m0/s1. The molecule has 0 saturated carbocycles. The molecular weight excluding hydrogens is 334 g/mol. The van der Waals surface area contributed by atoms with E-state index in [2.05, 4.69) is 10.3 Å². The second kappa shape index (κ2) is 8.18. The van der Waals surface area contributed by atoms with E-state index in [1.807, 2.05) is 43.3 Å². The first-order valence-corrected chi connectivity index (χ1v) is 8.43. The Bertz CT molecular complexity index is 865. The lowest BCUT2D eigenvalue weighted by molar-refractivity contribution is -0.120. The van der Waals surface area contributed by atoms with Gasteiger partial charge in [0.15, 0.2) is 0 Å². The maximum absolute atomic E-state index is 12.3. The van der Waals surface area contributed by atoms with E-state index >= 15 is 0 Å². The summed E-state index contributed by atoms with van der Waals surface area (Å²) in [6, 6.07) is 13.2. The van der Waals surface area contributed by atoms with Gasteiger partial charge in [-0.15, -0.1) is 0 Å². The number of hydrogen-bond acceptors (Lipinski definition) is 6. The van der Waals surface area contributed by atoms with E-state index in [0.717, 1.165) is 22.9 Å². The van der Waals surface area contributed by atoms with Gasteiger partial charge in [0.25, 0.3) is 0 Å². The fourth-order valence-corrected chi connectivity index (χ4v) is 2.94. The SMILES string of the molecule is Cc1ccc(CNC(=O)[C@H](C)Sc2nc(N)c(C#N)cc2C#N)cc1. The Kier molecular flexibility index (Phi) is 5.99. The second-order valence-electron chi connectivity index (χ2n) is 5.46. The third kappa shape index (κ3) is 4.72. The lowest BCUT2D eigenvalue weighted by Gasteiger charge is -2.13. The number of aryl methyl sites for hydroxylation is 1. The molecule has 1 atom stereocenters. The molecule has 0 spiro atoms. The van der Waals surface area contributed by atoms with Gasteiger partial charge in [-0.2, -0.15) is 10.5 Å². The minimum Gasteiger partial charge on any atom is -0.383 e. The molecule has 0 aliphatic carbocycles. The lowest BCUT2D eigenvalue weighted by Crippen LogP contribution is -2.30. The number of benzene rings is 1. The average molecular weight is 351 g/mol. The van der Waals surface area contributed by atoms with Crippen molar-refractivity contribution in [2.24, 2.45) is 0 Å². The molecule has 0 radical (unpaired) electrons. The molecular formula is C18H17N5OS. The van der Waals surface area contributed by atoms with E-state index in [9.17, 15) is 10.1 Å². The number of anilines is 1. The van der Waals surface area contributed by atoms with E-state index in [0.29, 0.717) is 11.6 Å². The van der Waals surface area contributed by atoms with Crippen LogP contribution in [0, 0.1) is 29.6 Å². The van der Waals surface area contributed by atoms with Crippen molar-refractivity contribution < 1.29 is 4.79 Å². The van der Waals surface area contributed by atoms with Gasteiger partial charge < -0.3 is 11.1 Å². The Balaban J connectivity index is 2.04. The molecule has 126 valence electrons. The van der Waals surface area contributed by atoms with Gasteiger partial charge in [0, 0.05) is 6.54 Å². The number of nitriles is 2. The maximum Gasteiger partial charge on any atom is 0.233 e. The topological polar surface area (TPSA) is 116 Å². The summed E-state index contributed by atoms with van der Waals surface area (Å²) in [5.74, 6) is -0.115. The summed E-state index contributed by atoms with van der Waals surface area (Å²) in [5, 5.41) is 20.9. The monoisotopic (exact) mass is 351 g/mol. The van der Waals surface area contributed by atoms with E-state index in [1.54, 1.807) is 6.92 Å². The number of thioether (sulfide) groups is 1. The molecule has 7 heteroatoms. The fraction of sp³-hybridized carbons (Fsp3) is 0.222. The van der Waals surface area contributed by atoms with E-state index < -0.39 is 5.25 Å². The van der Waals surface area contributed by atoms with E-state index in [4.69, 9.17) is 11.0 Å². The number of rotatable bonds is 5. The number of carbonyl (C=O) groups is 1. The van der Waals surface area contributed by atoms with Gasteiger partial charge in [-0.05, 0) is 25.5 Å². The molecule has 3 N–H and O–H groups in total. The molecule has 0 bridgehead atoms. The van der Waals surface area contributed by atoms with Gasteiger partial charge in [0.05, 0.1) is 16.4 Å². The Morgan fingerprint density at radius 2 is 1.92 bits per heavy atom. The highest BCUT2D eigenvalue weighted by Crippen LogP contribution is 2.27. The van der Waals surface area contributed by atoms with Crippen LogP contribution in [0.3, 0.4) is 0 Å². The zero-order chi connectivity index (χ0) is 18.4. The van der Waals surface area contributed by atoms with Crippen molar-refractivity contribution in [1.29, 1.82) is 10.5 Å². The minimum atomic E-state index is -0.461. The number of nitrogens with one attached hydrogen (secondary N) is 1. The van der Waals surface area contributed by atoms with Crippen LogP contribution in [-0.2, 0) is 11.3 Å². The van der Waals surface area contributed by atoms with Crippen molar-refractivity contribution >= 4 is 23.5 Å². The van der Waals surface area contributed by atoms with Crippen LogP contribution in [0.4, 0.5) is 5.82 Å². The normalized spacial score (nSPS) is 11.2. The van der Waals surface area contributed by atoms with Crippen LogP contribution in [-0.4, -0.2) is 16.1 Å². The summed E-state index contributed by atoms with van der Waals surface area (Å²) >= 11 is 1.14. The van der Waals surface area contributed by atoms with E-state index in [-0.39, 0.29) is 22.9 Å². The van der Waals surface area contributed by atoms with Crippen molar-refractivity contribution in [3.05, 3.63) is 52.6 Å². The predicted octanol–water partition coefficient (Wildman–Crippen LogP) is 2.51. The summed E-state index contributed by atoms with van der Waals surface area (Å²) in [6.45, 7) is 4.16. The maximum atomic E-state index is 12.3. The molecule has 0 saturated heterocycles. The van der Waals surface area contributed by atoms with Crippen LogP contribution in [0.1, 0.15) is 29.2 Å². The Morgan fingerprint density at radius 1 is 1.28 bits per heavy atom. The number of nitrogens with zero attached hydrogens (tertiary/aromatic N) is 3. The fourth-order valence-electron chi connectivity index (χ4n) is 2.03. The summed E-state index contributed by atoms with van der Waals surface area (Å²) in [5.41, 5.74) is 8.25. The van der Waals surface area contributed by atoms with Gasteiger partial charge in [0.2, 0.25) is 5.91 Å². The van der Waals surface area contributed by atoms with Crippen LogP contribution in [0.25, 0.3) is 0 Å². The number of nitrogen functional groups attached to an aromatic ring is 1. The van der Waals surface area contributed by atoms with Crippen molar-refractivity contribution in [1.82, 2.24) is 10.3 Å². The summed E-state index contributed by atoms with van der Waals surface area (Å²) in [4.78, 5) is 16.3. The molecule has 6 nitrogen and oxygen atoms in total. The van der Waals surface area contributed by atoms with Crippen LogP contribution in [0.15, 0.2) is 35.4 Å². The largest absolute Gasteiger partial charge is 0.383 e. The molecule has 1 heterocycles. The first-order chi connectivity index (χ1) is 11.9. The summed E-state index contributed by atoms with van der Waals surface area (Å²) in [7, 11) is 0. The van der Waals surface area contributed by atoms with Crippen molar-refractivity contribution in [2.45, 2.75) is 30.7 Å². The molecule has 0 unspecified atom stereocenters. The third-order valence-corrected chi connectivity index (χ3v) is 4.61. The van der Waals surface area contributed by atoms with E-state index in [1.165, 1.54) is 6.07 Å². The Hall–Kier alpha value is -3.03. The van der Waals surface area contributed by atoms with Crippen molar-refractivity contribution in [3.8, 4) is 12.1 Å². The smallest absolute Gasteiger partial charge is 0.233 e. The predicted molar refractivity (Wildman–Crippen MR) is 96.4 cm³/mol. The number of aromatic nitrogens is 1. The second-order valence-corrected chi connectivity index (χ2v) is 6.79. The first kappa shape index (κ1) is 18.3. The Morgan fingerprint density at radius 3 is 2.52 bits per heavy atom. The highest BCUT2D eigenvalue weighted by Gasteiger charge is 2.18. The van der Waals surface area contributed by atoms with Gasteiger partial charge >= 0.3 is 0 Å². The van der Waals surface area contributed by atoms with Crippen molar-refractivity contribution in [3.63, 3.8) is 0 Å². The summed E-state index contributed by atoms with van der Waals surface area (Å²) < 4.78 is 0. The molecule has 0 aliphatic rings. The molecule has 25 heavy (non-hydrogen) atoms. The third-order valence-electron chi connectivity index (χ3n) is 3.50. The number of hydrogen-bond donors (Lipinski definition) is 2. The lowest BCUT2D eigenvalue weighted by atomic mass is 10.1. The van der Waals surface area contributed by atoms with Crippen molar-refractivity contribution in [2.75, 3.05) is 5.73 Å².